The molecule has 1 aromatic carbocycles. The van der Waals surface area contributed by atoms with E-state index in [9.17, 15) is 5.11 Å². The number of hydrogen-bond acceptors (Lipinski definition) is 3. The molecule has 0 radical (unpaired) electrons. The largest absolute Gasteiger partial charge is 0.508 e. The first-order chi connectivity index (χ1) is 8.81. The number of phenols is 1. The molecule has 1 aromatic rings. The second kappa shape index (κ2) is 5.29. The summed E-state index contributed by atoms with van der Waals surface area (Å²) < 4.78 is 0. The minimum atomic E-state index is 0.354. The van der Waals surface area contributed by atoms with Crippen LogP contribution >= 0.6 is 0 Å². The number of hydrogen-bond donors (Lipinski definition) is 2. The van der Waals surface area contributed by atoms with Gasteiger partial charge >= 0.3 is 0 Å². The van der Waals surface area contributed by atoms with E-state index in [2.05, 4.69) is 10.2 Å². The van der Waals surface area contributed by atoms with Gasteiger partial charge in [0.25, 0.3) is 0 Å². The van der Waals surface area contributed by atoms with E-state index in [0.717, 1.165) is 19.0 Å². The van der Waals surface area contributed by atoms with Gasteiger partial charge in [0.15, 0.2) is 0 Å². The molecule has 1 unspecified atom stereocenters. The maximum absolute atomic E-state index is 9.31. The fourth-order valence-electron chi connectivity index (χ4n) is 2.84. The van der Waals surface area contributed by atoms with E-state index in [4.69, 9.17) is 0 Å². The third-order valence-corrected chi connectivity index (χ3v) is 4.05. The molecule has 3 heteroatoms. The predicted molar refractivity (Wildman–Crippen MR) is 72.5 cm³/mol. The molecule has 2 aliphatic rings. The summed E-state index contributed by atoms with van der Waals surface area (Å²) in [7, 11) is 0. The molecule has 2 N–H and O–H groups in total. The predicted octanol–water partition coefficient (Wildman–Crippen LogP) is 1.97. The van der Waals surface area contributed by atoms with Crippen molar-refractivity contribution < 1.29 is 5.11 Å². The maximum Gasteiger partial charge on any atom is 0.115 e. The summed E-state index contributed by atoms with van der Waals surface area (Å²) in [5.41, 5.74) is 1.30. The second-order valence-electron chi connectivity index (χ2n) is 5.65. The molecule has 1 atom stereocenters. The molecule has 98 valence electrons. The van der Waals surface area contributed by atoms with Crippen molar-refractivity contribution in [2.24, 2.45) is 5.92 Å². The van der Waals surface area contributed by atoms with E-state index >= 15 is 0 Å². The highest BCUT2D eigenvalue weighted by atomic mass is 16.3. The van der Waals surface area contributed by atoms with Crippen LogP contribution in [0.15, 0.2) is 24.3 Å². The van der Waals surface area contributed by atoms with Gasteiger partial charge in [-0.15, -0.1) is 0 Å². The highest BCUT2D eigenvalue weighted by Gasteiger charge is 2.32. The van der Waals surface area contributed by atoms with Crippen molar-refractivity contribution in [3.63, 3.8) is 0 Å². The SMILES string of the molecule is Oc1ccc(CN2CCCNC(C3CC3)C2)cc1. The van der Waals surface area contributed by atoms with Crippen LogP contribution in [-0.2, 0) is 6.54 Å². The average Bonchev–Trinajstić information content (AvgIpc) is 3.18. The Morgan fingerprint density at radius 1 is 1.22 bits per heavy atom. The maximum atomic E-state index is 9.31. The first-order valence-corrected chi connectivity index (χ1v) is 7.05. The van der Waals surface area contributed by atoms with Gasteiger partial charge in [-0.25, -0.2) is 0 Å². The van der Waals surface area contributed by atoms with E-state index in [1.807, 2.05) is 12.1 Å². The number of phenolic OH excluding ortho intramolecular Hbond substituents is 1. The lowest BCUT2D eigenvalue weighted by molar-refractivity contribution is 0.251. The van der Waals surface area contributed by atoms with Crippen molar-refractivity contribution in [1.29, 1.82) is 0 Å². The van der Waals surface area contributed by atoms with E-state index in [1.54, 1.807) is 12.1 Å². The molecule has 1 aliphatic carbocycles. The first-order valence-electron chi connectivity index (χ1n) is 7.05. The highest BCUT2D eigenvalue weighted by molar-refractivity contribution is 5.25. The smallest absolute Gasteiger partial charge is 0.115 e. The molecule has 18 heavy (non-hydrogen) atoms. The van der Waals surface area contributed by atoms with Crippen molar-refractivity contribution in [3.8, 4) is 5.75 Å². The Labute approximate surface area is 109 Å². The summed E-state index contributed by atoms with van der Waals surface area (Å²) in [6, 6.07) is 8.32. The molecule has 1 saturated heterocycles. The number of aromatic hydroxyl groups is 1. The number of benzene rings is 1. The number of nitrogens with one attached hydrogen (secondary N) is 1. The van der Waals surface area contributed by atoms with Crippen LogP contribution < -0.4 is 5.32 Å². The normalized spacial score (nSPS) is 25.9. The lowest BCUT2D eigenvalue weighted by atomic mass is 10.1. The van der Waals surface area contributed by atoms with Gasteiger partial charge in [0.2, 0.25) is 0 Å². The van der Waals surface area contributed by atoms with Gasteiger partial charge in [-0.05, 0) is 56.0 Å². The van der Waals surface area contributed by atoms with Crippen molar-refractivity contribution in [2.45, 2.75) is 31.8 Å². The molecule has 0 spiro atoms. The number of nitrogens with zero attached hydrogens (tertiary/aromatic N) is 1. The van der Waals surface area contributed by atoms with Crippen LogP contribution in [0.1, 0.15) is 24.8 Å². The summed E-state index contributed by atoms with van der Waals surface area (Å²) in [6.07, 6.45) is 4.05. The van der Waals surface area contributed by atoms with Gasteiger partial charge in [-0.2, -0.15) is 0 Å². The quantitative estimate of drug-likeness (QED) is 0.856. The minimum absolute atomic E-state index is 0.354. The molecule has 1 heterocycles. The zero-order valence-corrected chi connectivity index (χ0v) is 10.8. The van der Waals surface area contributed by atoms with Crippen molar-refractivity contribution >= 4 is 0 Å². The van der Waals surface area contributed by atoms with Crippen molar-refractivity contribution in [1.82, 2.24) is 10.2 Å². The Morgan fingerprint density at radius 3 is 2.72 bits per heavy atom. The van der Waals surface area contributed by atoms with E-state index in [0.29, 0.717) is 11.8 Å². The Bertz CT molecular complexity index is 386. The Kier molecular flexibility index (Phi) is 3.52. The van der Waals surface area contributed by atoms with Gasteiger partial charge in [0, 0.05) is 19.1 Å². The average molecular weight is 246 g/mol. The zero-order chi connectivity index (χ0) is 12.4. The van der Waals surface area contributed by atoms with Crippen LogP contribution in [0.5, 0.6) is 5.75 Å². The molecule has 0 bridgehead atoms. The van der Waals surface area contributed by atoms with Crippen LogP contribution in [0.2, 0.25) is 0 Å². The fraction of sp³-hybridized carbons (Fsp3) is 0.600. The van der Waals surface area contributed by atoms with Crippen LogP contribution in [0.3, 0.4) is 0 Å². The van der Waals surface area contributed by atoms with E-state index in [1.165, 1.54) is 37.9 Å². The second-order valence-corrected chi connectivity index (χ2v) is 5.65. The standard InChI is InChI=1S/C15H22N2O/c18-14-6-2-12(3-7-14)10-17-9-1-8-16-15(11-17)13-4-5-13/h2-3,6-7,13,15-16,18H,1,4-5,8-11H2. The van der Waals surface area contributed by atoms with Crippen LogP contribution in [0, 0.1) is 5.92 Å². The first kappa shape index (κ1) is 12.0. The minimum Gasteiger partial charge on any atom is -0.508 e. The Balaban J connectivity index is 1.61. The summed E-state index contributed by atoms with van der Waals surface area (Å²) in [4.78, 5) is 2.55. The van der Waals surface area contributed by atoms with Crippen LogP contribution in [0.4, 0.5) is 0 Å². The van der Waals surface area contributed by atoms with Gasteiger partial charge in [-0.3, -0.25) is 4.90 Å². The summed E-state index contributed by atoms with van der Waals surface area (Å²) in [5.74, 6) is 1.28. The molecule has 1 aliphatic heterocycles. The van der Waals surface area contributed by atoms with Crippen molar-refractivity contribution in [2.75, 3.05) is 19.6 Å². The molecule has 3 rings (SSSR count). The summed E-state index contributed by atoms with van der Waals surface area (Å²) >= 11 is 0. The van der Waals surface area contributed by atoms with E-state index in [-0.39, 0.29) is 0 Å². The fourth-order valence-corrected chi connectivity index (χ4v) is 2.84. The third kappa shape index (κ3) is 3.03. The van der Waals surface area contributed by atoms with Gasteiger partial charge in [-0.1, -0.05) is 12.1 Å². The molecule has 0 amide bonds. The summed E-state index contributed by atoms with van der Waals surface area (Å²) in [6.45, 7) is 4.51. The van der Waals surface area contributed by atoms with Gasteiger partial charge in [0.05, 0.1) is 0 Å². The highest BCUT2D eigenvalue weighted by Crippen LogP contribution is 2.33. The molecule has 1 saturated carbocycles. The van der Waals surface area contributed by atoms with Gasteiger partial charge in [0.1, 0.15) is 5.75 Å². The van der Waals surface area contributed by atoms with Crippen LogP contribution in [0.25, 0.3) is 0 Å². The molecular weight excluding hydrogens is 224 g/mol. The Morgan fingerprint density at radius 2 is 2.00 bits per heavy atom. The third-order valence-electron chi connectivity index (χ3n) is 4.05. The Hall–Kier alpha value is -1.06. The lowest BCUT2D eigenvalue weighted by Gasteiger charge is -2.24. The molecule has 2 fully saturated rings. The molecule has 0 aromatic heterocycles. The zero-order valence-electron chi connectivity index (χ0n) is 10.8. The summed E-state index contributed by atoms with van der Waals surface area (Å²) in [5, 5.41) is 13.0. The molecule has 3 nitrogen and oxygen atoms in total. The van der Waals surface area contributed by atoms with Crippen molar-refractivity contribution in [3.05, 3.63) is 29.8 Å². The molecular formula is C15H22N2O. The van der Waals surface area contributed by atoms with Crippen LogP contribution in [-0.4, -0.2) is 35.7 Å². The monoisotopic (exact) mass is 246 g/mol. The topological polar surface area (TPSA) is 35.5 Å². The number of rotatable bonds is 3. The van der Waals surface area contributed by atoms with Gasteiger partial charge < -0.3 is 10.4 Å². The lowest BCUT2D eigenvalue weighted by Crippen LogP contribution is -2.38. The van der Waals surface area contributed by atoms with E-state index < -0.39 is 0 Å².